The molecule has 0 spiro atoms. The first kappa shape index (κ1) is 17.5. The largest absolute Gasteiger partial charge is 0.497 e. The molecular weight excluding hydrogens is 316 g/mol. The number of rotatable bonds is 8. The van der Waals surface area contributed by atoms with Crippen LogP contribution in [0.3, 0.4) is 0 Å². The van der Waals surface area contributed by atoms with Gasteiger partial charge in [0.2, 0.25) is 5.91 Å². The summed E-state index contributed by atoms with van der Waals surface area (Å²) in [6, 6.07) is 6.94. The summed E-state index contributed by atoms with van der Waals surface area (Å²) >= 11 is 1.38. The van der Waals surface area contributed by atoms with Crippen molar-refractivity contribution < 1.29 is 19.1 Å². The van der Waals surface area contributed by atoms with Crippen LogP contribution < -0.4 is 14.8 Å². The molecular formula is C16H20N2O4S. The molecule has 2 N–H and O–H groups in total. The van der Waals surface area contributed by atoms with Crippen molar-refractivity contribution in [1.29, 1.82) is 0 Å². The molecule has 1 aliphatic rings. The molecule has 1 amide bonds. The minimum Gasteiger partial charge on any atom is -0.497 e. The zero-order valence-electron chi connectivity index (χ0n) is 12.9. The summed E-state index contributed by atoms with van der Waals surface area (Å²) in [7, 11) is 1.60. The Morgan fingerprint density at radius 1 is 1.35 bits per heavy atom. The molecule has 2 rings (SSSR count). The topological polar surface area (TPSA) is 84.5 Å². The number of ketones is 1. The molecule has 1 aromatic carbocycles. The van der Waals surface area contributed by atoms with Crippen molar-refractivity contribution >= 4 is 29.9 Å². The van der Waals surface area contributed by atoms with Crippen LogP contribution in [0.4, 0.5) is 0 Å². The number of nitrogens with one attached hydrogen (secondary N) is 2. The lowest BCUT2D eigenvalue weighted by Gasteiger charge is -2.12. The van der Waals surface area contributed by atoms with Crippen LogP contribution in [0.15, 0.2) is 24.3 Å². The summed E-state index contributed by atoms with van der Waals surface area (Å²) in [5.74, 6) is 0.796. The van der Waals surface area contributed by atoms with Crippen LogP contribution in [0.25, 0.3) is 0 Å². The van der Waals surface area contributed by atoms with Crippen molar-refractivity contribution in [1.82, 2.24) is 10.0 Å². The highest BCUT2D eigenvalue weighted by Crippen LogP contribution is 2.20. The third-order valence-electron chi connectivity index (χ3n) is 3.68. The number of methoxy groups -OCH3 is 1. The standard InChI is InChI=1S/C16H20N2O4S/c1-22-13-4-2-11(3-5-13)8-17-15(21)7-6-14(20)16-12(9-19)10-23-18-16/h2-5,9,12,16,18H,6-8,10H2,1H3,(H,17,21)/t12-,16?/m1/s1. The number of Topliss-reactive ketones (excluding diaryl/α,β-unsaturated/α-hetero) is 1. The highest BCUT2D eigenvalue weighted by molar-refractivity contribution is 7.97. The van der Waals surface area contributed by atoms with E-state index in [2.05, 4.69) is 10.0 Å². The van der Waals surface area contributed by atoms with Gasteiger partial charge >= 0.3 is 0 Å². The zero-order valence-corrected chi connectivity index (χ0v) is 13.7. The highest BCUT2D eigenvalue weighted by Gasteiger charge is 2.32. The molecule has 6 nitrogen and oxygen atoms in total. The van der Waals surface area contributed by atoms with Gasteiger partial charge in [0.25, 0.3) is 0 Å². The van der Waals surface area contributed by atoms with Crippen molar-refractivity contribution in [3.8, 4) is 5.75 Å². The predicted octanol–water partition coefficient (Wildman–Crippen LogP) is 1.10. The van der Waals surface area contributed by atoms with Gasteiger partial charge in [0.1, 0.15) is 12.0 Å². The molecule has 0 aromatic heterocycles. The number of hydrogen-bond acceptors (Lipinski definition) is 6. The average Bonchev–Trinajstić information content (AvgIpc) is 3.07. The van der Waals surface area contributed by atoms with E-state index >= 15 is 0 Å². The van der Waals surface area contributed by atoms with E-state index in [0.717, 1.165) is 17.6 Å². The fraction of sp³-hybridized carbons (Fsp3) is 0.438. The molecule has 1 unspecified atom stereocenters. The second kappa shape index (κ2) is 8.69. The minimum atomic E-state index is -0.466. The van der Waals surface area contributed by atoms with Gasteiger partial charge in [0.15, 0.2) is 5.78 Å². The Labute approximate surface area is 139 Å². The SMILES string of the molecule is COc1ccc(CNC(=O)CCC(=O)C2NSC[C@H]2C=O)cc1. The smallest absolute Gasteiger partial charge is 0.220 e. The van der Waals surface area contributed by atoms with Crippen LogP contribution in [0.2, 0.25) is 0 Å². The maximum atomic E-state index is 12.0. The van der Waals surface area contributed by atoms with E-state index in [9.17, 15) is 14.4 Å². The lowest BCUT2D eigenvalue weighted by atomic mass is 9.97. The van der Waals surface area contributed by atoms with Crippen LogP contribution in [-0.2, 0) is 20.9 Å². The number of hydrogen-bond donors (Lipinski definition) is 2. The van der Waals surface area contributed by atoms with E-state index < -0.39 is 6.04 Å². The van der Waals surface area contributed by atoms with Gasteiger partial charge in [-0.1, -0.05) is 24.1 Å². The first-order valence-corrected chi connectivity index (χ1v) is 8.37. The van der Waals surface area contributed by atoms with Gasteiger partial charge in [-0.2, -0.15) is 0 Å². The van der Waals surface area contributed by atoms with Gasteiger partial charge in [0.05, 0.1) is 13.2 Å². The molecule has 2 atom stereocenters. The van der Waals surface area contributed by atoms with Crippen LogP contribution in [-0.4, -0.2) is 36.9 Å². The maximum Gasteiger partial charge on any atom is 0.220 e. The van der Waals surface area contributed by atoms with E-state index in [0.29, 0.717) is 12.3 Å². The molecule has 0 radical (unpaired) electrons. The molecule has 0 aliphatic carbocycles. The van der Waals surface area contributed by atoms with Gasteiger partial charge in [-0.3, -0.25) is 14.3 Å². The molecule has 0 saturated carbocycles. The second-order valence-corrected chi connectivity index (χ2v) is 6.16. The van der Waals surface area contributed by atoms with E-state index in [1.165, 1.54) is 11.9 Å². The van der Waals surface area contributed by atoms with E-state index in [1.807, 2.05) is 24.3 Å². The molecule has 7 heteroatoms. The summed E-state index contributed by atoms with van der Waals surface area (Å²) in [6.45, 7) is 0.408. The third-order valence-corrected chi connectivity index (χ3v) is 4.66. The lowest BCUT2D eigenvalue weighted by molar-refractivity contribution is -0.127. The summed E-state index contributed by atoms with van der Waals surface area (Å²) in [4.78, 5) is 34.7. The molecule has 124 valence electrons. The van der Waals surface area contributed by atoms with Crippen LogP contribution in [0, 0.1) is 5.92 Å². The van der Waals surface area contributed by atoms with Gasteiger partial charge in [0, 0.05) is 31.1 Å². The van der Waals surface area contributed by atoms with Crippen molar-refractivity contribution in [2.24, 2.45) is 5.92 Å². The first-order valence-electron chi connectivity index (χ1n) is 7.39. The molecule has 1 saturated heterocycles. The number of benzene rings is 1. The van der Waals surface area contributed by atoms with Crippen molar-refractivity contribution in [3.63, 3.8) is 0 Å². The van der Waals surface area contributed by atoms with Gasteiger partial charge in [-0.25, -0.2) is 0 Å². The Balaban J connectivity index is 1.72. The number of aldehydes is 1. The fourth-order valence-electron chi connectivity index (χ4n) is 2.26. The van der Waals surface area contributed by atoms with Crippen molar-refractivity contribution in [3.05, 3.63) is 29.8 Å². The van der Waals surface area contributed by atoms with Gasteiger partial charge in [-0.05, 0) is 17.7 Å². The van der Waals surface area contributed by atoms with Crippen LogP contribution >= 0.6 is 11.9 Å². The average molecular weight is 336 g/mol. The Bertz CT molecular complexity index is 562. The number of amides is 1. The fourth-order valence-corrected chi connectivity index (χ4v) is 3.31. The first-order chi connectivity index (χ1) is 11.1. The van der Waals surface area contributed by atoms with Crippen molar-refractivity contribution in [2.75, 3.05) is 12.9 Å². The number of carbonyl (C=O) groups excluding carboxylic acids is 3. The van der Waals surface area contributed by atoms with Gasteiger partial charge in [-0.15, -0.1) is 0 Å². The summed E-state index contributed by atoms with van der Waals surface area (Å²) in [5, 5.41) is 2.78. The molecule has 0 bridgehead atoms. The molecule has 23 heavy (non-hydrogen) atoms. The van der Waals surface area contributed by atoms with Crippen LogP contribution in [0.5, 0.6) is 5.75 Å². The number of carbonyl (C=O) groups is 3. The predicted molar refractivity (Wildman–Crippen MR) is 88.0 cm³/mol. The van der Waals surface area contributed by atoms with Gasteiger partial charge < -0.3 is 14.8 Å². The van der Waals surface area contributed by atoms with E-state index in [-0.39, 0.29) is 30.4 Å². The highest BCUT2D eigenvalue weighted by atomic mass is 32.2. The molecule has 1 aromatic rings. The lowest BCUT2D eigenvalue weighted by Crippen LogP contribution is -2.36. The summed E-state index contributed by atoms with van der Waals surface area (Å²) in [5.41, 5.74) is 0.959. The monoisotopic (exact) mass is 336 g/mol. The summed E-state index contributed by atoms with van der Waals surface area (Å²) in [6.07, 6.45) is 1.07. The van der Waals surface area contributed by atoms with E-state index in [4.69, 9.17) is 4.74 Å². The molecule has 1 fully saturated rings. The number of ether oxygens (including phenoxy) is 1. The quantitative estimate of drug-likeness (QED) is 0.546. The second-order valence-electron chi connectivity index (χ2n) is 5.30. The van der Waals surface area contributed by atoms with E-state index in [1.54, 1.807) is 7.11 Å². The third kappa shape index (κ3) is 5.07. The van der Waals surface area contributed by atoms with Crippen molar-refractivity contribution in [2.45, 2.75) is 25.4 Å². The molecule has 1 heterocycles. The Morgan fingerprint density at radius 2 is 2.09 bits per heavy atom. The Morgan fingerprint density at radius 3 is 2.74 bits per heavy atom. The normalized spacial score (nSPS) is 20.0. The maximum absolute atomic E-state index is 12.0. The molecule has 1 aliphatic heterocycles. The Kier molecular flexibility index (Phi) is 6.61. The Hall–Kier alpha value is -1.86. The minimum absolute atomic E-state index is 0.0910. The summed E-state index contributed by atoms with van der Waals surface area (Å²) < 4.78 is 8.01. The zero-order chi connectivity index (χ0) is 16.7. The van der Waals surface area contributed by atoms with Crippen LogP contribution in [0.1, 0.15) is 18.4 Å².